The van der Waals surface area contributed by atoms with Gasteiger partial charge in [0, 0.05) is 19.6 Å². The summed E-state index contributed by atoms with van der Waals surface area (Å²) >= 11 is 0. The van der Waals surface area contributed by atoms with Crippen LogP contribution in [0.1, 0.15) is 44.7 Å². The molecule has 0 aliphatic carbocycles. The van der Waals surface area contributed by atoms with E-state index in [2.05, 4.69) is 29.2 Å². The van der Waals surface area contributed by atoms with Crippen LogP contribution in [-0.2, 0) is 0 Å². The van der Waals surface area contributed by atoms with E-state index in [0.29, 0.717) is 0 Å². The number of amides is 2. The zero-order valence-corrected chi connectivity index (χ0v) is 12.0. The third kappa shape index (κ3) is 3.09. The van der Waals surface area contributed by atoms with E-state index in [0.717, 1.165) is 32.5 Å². The number of piperidine rings is 1. The maximum Gasteiger partial charge on any atom is 0.320 e. The maximum absolute atomic E-state index is 12.6. The monoisotopic (exact) mass is 260 g/mol. The first-order valence-corrected chi connectivity index (χ1v) is 7.38. The Kier molecular flexibility index (Phi) is 4.83. The largest absolute Gasteiger partial charge is 0.325 e. The van der Waals surface area contributed by atoms with Crippen molar-refractivity contribution in [3.63, 3.8) is 0 Å². The van der Waals surface area contributed by atoms with Gasteiger partial charge < -0.3 is 9.80 Å². The molecule has 0 spiro atoms. The number of likely N-dealkylation sites (tertiary alicyclic amines) is 1. The summed E-state index contributed by atoms with van der Waals surface area (Å²) in [4.78, 5) is 16.6. The quantitative estimate of drug-likeness (QED) is 0.813. The minimum Gasteiger partial charge on any atom is -0.325 e. The van der Waals surface area contributed by atoms with Crippen molar-refractivity contribution in [2.45, 2.75) is 39.2 Å². The van der Waals surface area contributed by atoms with Crippen molar-refractivity contribution in [1.82, 2.24) is 9.80 Å². The summed E-state index contributed by atoms with van der Waals surface area (Å²) in [6, 6.07) is 10.9. The number of rotatable bonds is 3. The molecular weight excluding hydrogens is 236 g/mol. The summed E-state index contributed by atoms with van der Waals surface area (Å²) in [5.74, 6) is 0. The molecule has 1 fully saturated rings. The lowest BCUT2D eigenvalue weighted by Gasteiger charge is -2.39. The van der Waals surface area contributed by atoms with Gasteiger partial charge in [-0.15, -0.1) is 0 Å². The second-order valence-corrected chi connectivity index (χ2v) is 5.07. The standard InChI is InChI=1S/C16H24N2O/c1-3-17(4-2)16(19)18-13-9-8-12-15(18)14-10-6-5-7-11-14/h5-7,10-11,15H,3-4,8-9,12-13H2,1-2H3. The number of hydrogen-bond acceptors (Lipinski definition) is 1. The second kappa shape index (κ2) is 6.60. The van der Waals surface area contributed by atoms with E-state index in [1.54, 1.807) is 0 Å². The number of benzene rings is 1. The fourth-order valence-electron chi connectivity index (χ4n) is 2.86. The molecular formula is C16H24N2O. The van der Waals surface area contributed by atoms with Crippen molar-refractivity contribution in [3.05, 3.63) is 35.9 Å². The summed E-state index contributed by atoms with van der Waals surface area (Å²) in [6.07, 6.45) is 3.41. The van der Waals surface area contributed by atoms with Gasteiger partial charge in [-0.1, -0.05) is 30.3 Å². The molecule has 2 amide bonds. The normalized spacial score (nSPS) is 19.3. The van der Waals surface area contributed by atoms with Gasteiger partial charge in [0.1, 0.15) is 0 Å². The molecule has 1 aromatic rings. The minimum atomic E-state index is 0.193. The molecule has 0 aromatic heterocycles. The average molecular weight is 260 g/mol. The number of carbonyl (C=O) groups excluding carboxylic acids is 1. The van der Waals surface area contributed by atoms with Gasteiger partial charge in [-0.05, 0) is 38.7 Å². The van der Waals surface area contributed by atoms with E-state index in [9.17, 15) is 4.79 Å². The molecule has 1 aromatic carbocycles. The van der Waals surface area contributed by atoms with E-state index in [1.165, 1.54) is 12.0 Å². The Bertz CT molecular complexity index is 400. The summed E-state index contributed by atoms with van der Waals surface area (Å²) < 4.78 is 0. The first-order valence-electron chi connectivity index (χ1n) is 7.38. The molecule has 1 aliphatic rings. The Labute approximate surface area is 116 Å². The molecule has 0 bridgehead atoms. The van der Waals surface area contributed by atoms with Crippen molar-refractivity contribution in [1.29, 1.82) is 0 Å². The highest BCUT2D eigenvalue weighted by Crippen LogP contribution is 2.31. The van der Waals surface area contributed by atoms with Crippen LogP contribution in [0.3, 0.4) is 0 Å². The lowest BCUT2D eigenvalue weighted by atomic mass is 9.95. The van der Waals surface area contributed by atoms with Crippen LogP contribution in [0.2, 0.25) is 0 Å². The molecule has 3 nitrogen and oxygen atoms in total. The Balaban J connectivity index is 2.19. The Morgan fingerprint density at radius 3 is 2.53 bits per heavy atom. The van der Waals surface area contributed by atoms with Crippen LogP contribution in [0.15, 0.2) is 30.3 Å². The highest BCUT2D eigenvalue weighted by Gasteiger charge is 2.29. The predicted octanol–water partition coefficient (Wildman–Crippen LogP) is 3.68. The number of nitrogens with zero attached hydrogens (tertiary/aromatic N) is 2. The van der Waals surface area contributed by atoms with Crippen LogP contribution < -0.4 is 0 Å². The van der Waals surface area contributed by atoms with Gasteiger partial charge in [0.2, 0.25) is 0 Å². The van der Waals surface area contributed by atoms with Crippen LogP contribution in [0.4, 0.5) is 4.79 Å². The molecule has 3 heteroatoms. The highest BCUT2D eigenvalue weighted by atomic mass is 16.2. The predicted molar refractivity (Wildman–Crippen MR) is 78.1 cm³/mol. The molecule has 19 heavy (non-hydrogen) atoms. The summed E-state index contributed by atoms with van der Waals surface area (Å²) in [5.41, 5.74) is 1.27. The molecule has 104 valence electrons. The first-order chi connectivity index (χ1) is 9.27. The fraction of sp³-hybridized carbons (Fsp3) is 0.562. The van der Waals surface area contributed by atoms with Crippen molar-refractivity contribution in [2.24, 2.45) is 0 Å². The molecule has 0 radical (unpaired) electrons. The van der Waals surface area contributed by atoms with Crippen molar-refractivity contribution >= 4 is 6.03 Å². The van der Waals surface area contributed by atoms with Crippen molar-refractivity contribution in [2.75, 3.05) is 19.6 Å². The number of carbonyl (C=O) groups is 1. The number of hydrogen-bond donors (Lipinski definition) is 0. The number of urea groups is 1. The van der Waals surface area contributed by atoms with Gasteiger partial charge in [-0.3, -0.25) is 0 Å². The van der Waals surface area contributed by atoms with Crippen LogP contribution in [0, 0.1) is 0 Å². The molecule has 1 atom stereocenters. The lowest BCUT2D eigenvalue weighted by molar-refractivity contribution is 0.118. The third-order valence-electron chi connectivity index (χ3n) is 3.97. The molecule has 2 rings (SSSR count). The van der Waals surface area contributed by atoms with Gasteiger partial charge in [-0.25, -0.2) is 4.79 Å². The molecule has 1 unspecified atom stereocenters. The topological polar surface area (TPSA) is 23.6 Å². The Hall–Kier alpha value is -1.51. The Morgan fingerprint density at radius 2 is 1.89 bits per heavy atom. The average Bonchev–Trinajstić information content (AvgIpc) is 2.49. The van der Waals surface area contributed by atoms with E-state index in [-0.39, 0.29) is 12.1 Å². The van der Waals surface area contributed by atoms with Crippen LogP contribution in [0.5, 0.6) is 0 Å². The minimum absolute atomic E-state index is 0.193. The molecule has 0 saturated carbocycles. The SMILES string of the molecule is CCN(CC)C(=O)N1CCCCC1c1ccccc1. The third-order valence-corrected chi connectivity index (χ3v) is 3.97. The van der Waals surface area contributed by atoms with E-state index in [4.69, 9.17) is 0 Å². The van der Waals surface area contributed by atoms with Gasteiger partial charge in [0.25, 0.3) is 0 Å². The summed E-state index contributed by atoms with van der Waals surface area (Å²) in [5, 5.41) is 0. The zero-order chi connectivity index (χ0) is 13.7. The fourth-order valence-corrected chi connectivity index (χ4v) is 2.86. The zero-order valence-electron chi connectivity index (χ0n) is 12.0. The summed E-state index contributed by atoms with van der Waals surface area (Å²) in [7, 11) is 0. The maximum atomic E-state index is 12.6. The Morgan fingerprint density at radius 1 is 1.21 bits per heavy atom. The van der Waals surface area contributed by atoms with Crippen LogP contribution in [0.25, 0.3) is 0 Å². The van der Waals surface area contributed by atoms with Crippen LogP contribution >= 0.6 is 0 Å². The second-order valence-electron chi connectivity index (χ2n) is 5.07. The first kappa shape index (κ1) is 13.9. The smallest absolute Gasteiger partial charge is 0.320 e. The van der Waals surface area contributed by atoms with Crippen LogP contribution in [-0.4, -0.2) is 35.5 Å². The van der Waals surface area contributed by atoms with Gasteiger partial charge in [-0.2, -0.15) is 0 Å². The molecule has 1 heterocycles. The van der Waals surface area contributed by atoms with E-state index >= 15 is 0 Å². The lowest BCUT2D eigenvalue weighted by Crippen LogP contribution is -2.46. The van der Waals surface area contributed by atoms with E-state index in [1.807, 2.05) is 24.8 Å². The molecule has 1 aliphatic heterocycles. The highest BCUT2D eigenvalue weighted by molar-refractivity contribution is 5.75. The van der Waals surface area contributed by atoms with Gasteiger partial charge in [0.15, 0.2) is 0 Å². The molecule has 1 saturated heterocycles. The van der Waals surface area contributed by atoms with Crippen molar-refractivity contribution in [3.8, 4) is 0 Å². The summed E-state index contributed by atoms with van der Waals surface area (Å²) in [6.45, 7) is 6.54. The van der Waals surface area contributed by atoms with Gasteiger partial charge in [0.05, 0.1) is 6.04 Å². The van der Waals surface area contributed by atoms with Gasteiger partial charge >= 0.3 is 6.03 Å². The van der Waals surface area contributed by atoms with E-state index < -0.39 is 0 Å². The molecule has 0 N–H and O–H groups in total. The van der Waals surface area contributed by atoms with Crippen molar-refractivity contribution < 1.29 is 4.79 Å².